The number of carbonyl (C=O) groups excluding carboxylic acids is 1. The van der Waals surface area contributed by atoms with Crippen LogP contribution in [0, 0.1) is 20.8 Å². The molecule has 1 N–H and O–H groups in total. The van der Waals surface area contributed by atoms with Gasteiger partial charge in [0.15, 0.2) is 5.65 Å². The molecule has 0 aliphatic rings. The molecule has 0 spiro atoms. The fourth-order valence-electron chi connectivity index (χ4n) is 3.95. The molecule has 0 aliphatic heterocycles. The van der Waals surface area contributed by atoms with Crippen LogP contribution >= 0.6 is 0 Å². The minimum absolute atomic E-state index is 0.0317. The third-order valence-electron chi connectivity index (χ3n) is 5.54. The highest BCUT2D eigenvalue weighted by atomic mass is 16.5. The van der Waals surface area contributed by atoms with Crippen molar-refractivity contribution in [3.8, 4) is 11.5 Å². The summed E-state index contributed by atoms with van der Waals surface area (Å²) < 4.78 is 12.5. The second-order valence-corrected chi connectivity index (χ2v) is 7.49. The first-order chi connectivity index (χ1) is 14.3. The van der Waals surface area contributed by atoms with Crippen LogP contribution in [0.2, 0.25) is 0 Å². The fourth-order valence-corrected chi connectivity index (χ4v) is 3.95. The number of hydrogen-bond acceptors (Lipinski definition) is 5. The van der Waals surface area contributed by atoms with E-state index in [4.69, 9.17) is 14.5 Å². The van der Waals surface area contributed by atoms with Crippen LogP contribution in [-0.4, -0.2) is 41.4 Å². The van der Waals surface area contributed by atoms with Gasteiger partial charge in [-0.05, 0) is 56.4 Å². The molecular weight excluding hydrogens is 380 g/mol. The van der Waals surface area contributed by atoms with Gasteiger partial charge in [0.25, 0.3) is 0 Å². The van der Waals surface area contributed by atoms with Crippen molar-refractivity contribution >= 4 is 16.9 Å². The zero-order valence-corrected chi connectivity index (χ0v) is 18.6. The predicted molar refractivity (Wildman–Crippen MR) is 117 cm³/mol. The largest absolute Gasteiger partial charge is 0.497 e. The van der Waals surface area contributed by atoms with E-state index in [-0.39, 0.29) is 5.91 Å². The van der Waals surface area contributed by atoms with Gasteiger partial charge in [0, 0.05) is 37.2 Å². The minimum atomic E-state index is 0.0317. The number of nitrogens with zero attached hydrogens (tertiary/aromatic N) is 3. The molecular formula is C23H30N4O3. The quantitative estimate of drug-likeness (QED) is 0.617. The molecule has 2 aromatic heterocycles. The van der Waals surface area contributed by atoms with Crippen molar-refractivity contribution in [3.05, 3.63) is 46.3 Å². The Hall–Kier alpha value is -3.09. The van der Waals surface area contributed by atoms with Crippen molar-refractivity contribution in [2.45, 2.75) is 40.0 Å². The molecule has 160 valence electrons. The molecule has 0 fully saturated rings. The van der Waals surface area contributed by atoms with Gasteiger partial charge in [-0.25, -0.2) is 4.98 Å². The van der Waals surface area contributed by atoms with Gasteiger partial charge >= 0.3 is 0 Å². The third kappa shape index (κ3) is 4.40. The summed E-state index contributed by atoms with van der Waals surface area (Å²) in [6.45, 7) is 6.64. The first kappa shape index (κ1) is 21.6. The number of methoxy groups -OCH3 is 2. The molecule has 0 atom stereocenters. The summed E-state index contributed by atoms with van der Waals surface area (Å²) in [5.74, 6) is 1.55. The molecule has 30 heavy (non-hydrogen) atoms. The van der Waals surface area contributed by atoms with Gasteiger partial charge in [-0.3, -0.25) is 9.48 Å². The van der Waals surface area contributed by atoms with Crippen molar-refractivity contribution in [2.75, 3.05) is 20.8 Å². The number of rotatable bonds is 8. The summed E-state index contributed by atoms with van der Waals surface area (Å²) in [5, 5.41) is 8.58. The molecule has 2 heterocycles. The van der Waals surface area contributed by atoms with E-state index < -0.39 is 0 Å². The maximum absolute atomic E-state index is 12.4. The first-order valence-corrected chi connectivity index (χ1v) is 10.1. The monoisotopic (exact) mass is 410 g/mol. The molecule has 7 nitrogen and oxygen atoms in total. The van der Waals surface area contributed by atoms with Crippen LogP contribution in [0.1, 0.15) is 34.5 Å². The average molecular weight is 411 g/mol. The van der Waals surface area contributed by atoms with Crippen LogP contribution in [0.3, 0.4) is 0 Å². The molecule has 0 saturated heterocycles. The van der Waals surface area contributed by atoms with Crippen molar-refractivity contribution in [1.29, 1.82) is 0 Å². The summed E-state index contributed by atoms with van der Waals surface area (Å²) in [7, 11) is 5.17. The standard InChI is InChI=1S/C23H30N4O3/c1-14-19(15(2)25-23-22(14)16(3)26-27(23)4)9-10-21(28)24-12-11-17-7-8-18(29-5)13-20(17)30-6/h7-8,13H,9-12H2,1-6H3,(H,24,28). The number of ether oxygens (including phenoxy) is 2. The molecule has 0 saturated carbocycles. The van der Waals surface area contributed by atoms with Crippen molar-refractivity contribution in [1.82, 2.24) is 20.1 Å². The van der Waals surface area contributed by atoms with Crippen LogP contribution in [0.5, 0.6) is 11.5 Å². The van der Waals surface area contributed by atoms with Crippen LogP contribution < -0.4 is 14.8 Å². The van der Waals surface area contributed by atoms with Gasteiger partial charge in [0.2, 0.25) is 5.91 Å². The van der Waals surface area contributed by atoms with E-state index in [2.05, 4.69) is 17.3 Å². The highest BCUT2D eigenvalue weighted by molar-refractivity contribution is 5.84. The van der Waals surface area contributed by atoms with Gasteiger partial charge in [-0.15, -0.1) is 0 Å². The van der Waals surface area contributed by atoms with Crippen molar-refractivity contribution in [2.24, 2.45) is 7.05 Å². The number of amides is 1. The lowest BCUT2D eigenvalue weighted by molar-refractivity contribution is -0.121. The first-order valence-electron chi connectivity index (χ1n) is 10.1. The zero-order chi connectivity index (χ0) is 21.8. The Kier molecular flexibility index (Phi) is 6.59. The number of carbonyl (C=O) groups is 1. The Balaban J connectivity index is 1.60. The Morgan fingerprint density at radius 2 is 1.87 bits per heavy atom. The van der Waals surface area contributed by atoms with Crippen molar-refractivity contribution in [3.63, 3.8) is 0 Å². The fraction of sp³-hybridized carbons (Fsp3) is 0.435. The lowest BCUT2D eigenvalue weighted by Crippen LogP contribution is -2.26. The minimum Gasteiger partial charge on any atom is -0.497 e. The third-order valence-corrected chi connectivity index (χ3v) is 5.54. The molecule has 7 heteroatoms. The van der Waals surface area contributed by atoms with E-state index in [1.807, 2.05) is 43.8 Å². The van der Waals surface area contributed by atoms with Crippen LogP contribution in [0.25, 0.3) is 11.0 Å². The SMILES string of the molecule is COc1ccc(CCNC(=O)CCc2c(C)nc3c(c(C)nn3C)c2C)c(OC)c1. The molecule has 1 amide bonds. The highest BCUT2D eigenvalue weighted by Crippen LogP contribution is 2.26. The lowest BCUT2D eigenvalue weighted by atomic mass is 9.99. The van der Waals surface area contributed by atoms with E-state index in [0.717, 1.165) is 45.0 Å². The van der Waals surface area contributed by atoms with Crippen LogP contribution in [0.4, 0.5) is 0 Å². The van der Waals surface area contributed by atoms with Crippen LogP contribution in [-0.2, 0) is 24.7 Å². The number of fused-ring (bicyclic) bond motifs is 1. The molecule has 1 aromatic carbocycles. The van der Waals surface area contributed by atoms with E-state index in [0.29, 0.717) is 25.8 Å². The van der Waals surface area contributed by atoms with Gasteiger partial charge < -0.3 is 14.8 Å². The number of aromatic nitrogens is 3. The molecule has 0 bridgehead atoms. The number of pyridine rings is 1. The molecule has 3 aromatic rings. The van der Waals surface area contributed by atoms with Gasteiger partial charge in [-0.1, -0.05) is 6.07 Å². The topological polar surface area (TPSA) is 78.3 Å². The Morgan fingerprint density at radius 1 is 1.10 bits per heavy atom. The number of hydrogen-bond donors (Lipinski definition) is 1. The highest BCUT2D eigenvalue weighted by Gasteiger charge is 2.16. The number of nitrogens with one attached hydrogen (secondary N) is 1. The van der Waals surface area contributed by atoms with E-state index in [1.54, 1.807) is 14.2 Å². The van der Waals surface area contributed by atoms with Gasteiger partial charge in [0.05, 0.1) is 19.9 Å². The second-order valence-electron chi connectivity index (χ2n) is 7.49. The zero-order valence-electron chi connectivity index (χ0n) is 18.6. The molecule has 3 rings (SSSR count). The predicted octanol–water partition coefficient (Wildman–Crippen LogP) is 3.20. The van der Waals surface area contributed by atoms with Gasteiger partial charge in [-0.2, -0.15) is 5.10 Å². The summed E-state index contributed by atoms with van der Waals surface area (Å²) in [6.07, 6.45) is 1.78. The Labute approximate surface area is 177 Å². The summed E-state index contributed by atoms with van der Waals surface area (Å²) in [6, 6.07) is 5.72. The molecule has 0 aliphatic carbocycles. The average Bonchev–Trinajstić information content (AvgIpc) is 3.01. The lowest BCUT2D eigenvalue weighted by Gasteiger charge is -2.12. The van der Waals surface area contributed by atoms with Crippen molar-refractivity contribution < 1.29 is 14.3 Å². The maximum Gasteiger partial charge on any atom is 0.220 e. The Bertz CT molecular complexity index is 1070. The Morgan fingerprint density at radius 3 is 2.57 bits per heavy atom. The summed E-state index contributed by atoms with van der Waals surface area (Å²) >= 11 is 0. The maximum atomic E-state index is 12.4. The smallest absolute Gasteiger partial charge is 0.220 e. The summed E-state index contributed by atoms with van der Waals surface area (Å²) in [4.78, 5) is 17.1. The van der Waals surface area contributed by atoms with E-state index in [9.17, 15) is 4.79 Å². The normalized spacial score (nSPS) is 11.0. The van der Waals surface area contributed by atoms with Gasteiger partial charge in [0.1, 0.15) is 11.5 Å². The summed E-state index contributed by atoms with van der Waals surface area (Å²) in [5.41, 5.74) is 6.15. The molecule has 0 radical (unpaired) electrons. The number of benzene rings is 1. The van der Waals surface area contributed by atoms with E-state index >= 15 is 0 Å². The second kappa shape index (κ2) is 9.15. The van der Waals surface area contributed by atoms with E-state index in [1.165, 1.54) is 5.56 Å². The molecule has 0 unspecified atom stereocenters. The number of aryl methyl sites for hydroxylation is 4. The van der Waals surface area contributed by atoms with Crippen LogP contribution in [0.15, 0.2) is 18.2 Å².